The number of hydrogen-bond donors (Lipinski definition) is 3. The number of nitrogens with two attached hydrogens (primary N) is 1. The fourth-order valence-corrected chi connectivity index (χ4v) is 1.42. The first kappa shape index (κ1) is 11.5. The highest BCUT2D eigenvalue weighted by atomic mass is 16.3. The highest BCUT2D eigenvalue weighted by Crippen LogP contribution is 2.16. The number of amides is 1. The number of anilines is 1. The van der Waals surface area contributed by atoms with Gasteiger partial charge in [-0.2, -0.15) is 0 Å². The Balaban J connectivity index is 2.67. The summed E-state index contributed by atoms with van der Waals surface area (Å²) in [6.07, 6.45) is 0.278. The average molecular weight is 208 g/mol. The molecular weight excluding hydrogens is 192 g/mol. The van der Waals surface area contributed by atoms with E-state index in [0.29, 0.717) is 0 Å². The molecule has 1 unspecified atom stereocenters. The Morgan fingerprint density at radius 2 is 2.20 bits per heavy atom. The van der Waals surface area contributed by atoms with Gasteiger partial charge < -0.3 is 16.2 Å². The molecule has 1 rings (SSSR count). The van der Waals surface area contributed by atoms with Crippen molar-refractivity contribution in [2.75, 3.05) is 5.32 Å². The van der Waals surface area contributed by atoms with E-state index in [1.54, 1.807) is 0 Å². The molecule has 0 saturated heterocycles. The second kappa shape index (κ2) is 5.36. The fraction of sp³-hybridized carbons (Fsp3) is 0.364. The maximum absolute atomic E-state index is 10.7. The molecule has 4 N–H and O–H groups in total. The minimum Gasteiger partial charge on any atom is -0.392 e. The standard InChI is InChI=1S/C11H16N2O2/c1-8(6-11(12)15)13-10-5-3-2-4-9(10)7-14/h2-5,8,13-14H,6-7H2,1H3,(H2,12,15). The number of aliphatic hydroxyl groups excluding tert-OH is 1. The molecule has 0 radical (unpaired) electrons. The molecule has 0 spiro atoms. The van der Waals surface area contributed by atoms with Gasteiger partial charge in [-0.1, -0.05) is 18.2 Å². The van der Waals surface area contributed by atoms with Crippen molar-refractivity contribution in [1.82, 2.24) is 0 Å². The Kier molecular flexibility index (Phi) is 4.12. The number of aliphatic hydroxyl groups is 1. The number of carbonyl (C=O) groups excluding carboxylic acids is 1. The van der Waals surface area contributed by atoms with E-state index >= 15 is 0 Å². The number of para-hydroxylation sites is 1. The average Bonchev–Trinajstić information content (AvgIpc) is 2.17. The van der Waals surface area contributed by atoms with Crippen molar-refractivity contribution in [3.63, 3.8) is 0 Å². The molecule has 82 valence electrons. The van der Waals surface area contributed by atoms with Crippen LogP contribution in [0.25, 0.3) is 0 Å². The Morgan fingerprint density at radius 1 is 1.53 bits per heavy atom. The molecule has 0 aliphatic carbocycles. The van der Waals surface area contributed by atoms with Gasteiger partial charge in [0.25, 0.3) is 0 Å². The largest absolute Gasteiger partial charge is 0.392 e. The lowest BCUT2D eigenvalue weighted by molar-refractivity contribution is -0.118. The van der Waals surface area contributed by atoms with Crippen molar-refractivity contribution in [3.05, 3.63) is 29.8 Å². The Morgan fingerprint density at radius 3 is 2.80 bits per heavy atom. The first-order valence-corrected chi connectivity index (χ1v) is 4.87. The normalized spacial score (nSPS) is 12.1. The molecule has 0 aromatic heterocycles. The van der Waals surface area contributed by atoms with E-state index in [2.05, 4.69) is 5.32 Å². The van der Waals surface area contributed by atoms with Gasteiger partial charge in [-0.25, -0.2) is 0 Å². The summed E-state index contributed by atoms with van der Waals surface area (Å²) in [4.78, 5) is 10.7. The molecule has 0 aliphatic heterocycles. The first-order valence-electron chi connectivity index (χ1n) is 4.87. The number of carbonyl (C=O) groups is 1. The van der Waals surface area contributed by atoms with Gasteiger partial charge in [0, 0.05) is 23.7 Å². The van der Waals surface area contributed by atoms with Crippen LogP contribution in [0.15, 0.2) is 24.3 Å². The van der Waals surface area contributed by atoms with Crippen LogP contribution in [0.3, 0.4) is 0 Å². The summed E-state index contributed by atoms with van der Waals surface area (Å²) in [5, 5.41) is 12.2. The van der Waals surface area contributed by atoms with Gasteiger partial charge in [0.2, 0.25) is 5.91 Å². The van der Waals surface area contributed by atoms with Crippen LogP contribution < -0.4 is 11.1 Å². The summed E-state index contributed by atoms with van der Waals surface area (Å²) in [5.74, 6) is -0.337. The van der Waals surface area contributed by atoms with Crippen molar-refractivity contribution in [2.24, 2.45) is 5.73 Å². The zero-order valence-electron chi connectivity index (χ0n) is 8.73. The van der Waals surface area contributed by atoms with Crippen molar-refractivity contribution >= 4 is 11.6 Å². The van der Waals surface area contributed by atoms with Crippen LogP contribution in [0.5, 0.6) is 0 Å². The maximum Gasteiger partial charge on any atom is 0.219 e. The Hall–Kier alpha value is -1.55. The van der Waals surface area contributed by atoms with E-state index in [1.165, 1.54) is 0 Å². The van der Waals surface area contributed by atoms with Gasteiger partial charge in [0.05, 0.1) is 6.61 Å². The van der Waals surface area contributed by atoms with Crippen molar-refractivity contribution in [2.45, 2.75) is 26.0 Å². The molecule has 0 saturated carbocycles. The number of hydrogen-bond acceptors (Lipinski definition) is 3. The minimum atomic E-state index is -0.337. The predicted octanol–water partition coefficient (Wildman–Crippen LogP) is 0.855. The molecule has 0 heterocycles. The third kappa shape index (κ3) is 3.59. The molecule has 0 fully saturated rings. The van der Waals surface area contributed by atoms with E-state index in [-0.39, 0.29) is 25.0 Å². The van der Waals surface area contributed by atoms with Gasteiger partial charge in [-0.3, -0.25) is 4.79 Å². The molecule has 1 atom stereocenters. The molecule has 4 nitrogen and oxygen atoms in total. The number of rotatable bonds is 5. The molecular formula is C11H16N2O2. The van der Waals surface area contributed by atoms with Crippen molar-refractivity contribution in [3.8, 4) is 0 Å². The highest BCUT2D eigenvalue weighted by Gasteiger charge is 2.07. The predicted molar refractivity (Wildman–Crippen MR) is 59.3 cm³/mol. The van der Waals surface area contributed by atoms with E-state index in [9.17, 15) is 4.79 Å². The molecule has 4 heteroatoms. The fourth-order valence-electron chi connectivity index (χ4n) is 1.42. The number of nitrogens with one attached hydrogen (secondary N) is 1. The van der Waals surface area contributed by atoms with Crippen LogP contribution in [0.1, 0.15) is 18.9 Å². The van der Waals surface area contributed by atoms with Gasteiger partial charge in [-0.15, -0.1) is 0 Å². The summed E-state index contributed by atoms with van der Waals surface area (Å²) in [5.41, 5.74) is 6.74. The van der Waals surface area contributed by atoms with Crippen LogP contribution >= 0.6 is 0 Å². The summed E-state index contributed by atoms with van der Waals surface area (Å²) in [6, 6.07) is 7.39. The third-order valence-electron chi connectivity index (χ3n) is 2.10. The smallest absolute Gasteiger partial charge is 0.219 e. The summed E-state index contributed by atoms with van der Waals surface area (Å²) < 4.78 is 0. The Labute approximate surface area is 89.1 Å². The van der Waals surface area contributed by atoms with Gasteiger partial charge in [0.15, 0.2) is 0 Å². The SMILES string of the molecule is CC(CC(N)=O)Nc1ccccc1CO. The topological polar surface area (TPSA) is 75.4 Å². The molecule has 1 aromatic rings. The number of benzene rings is 1. The lowest BCUT2D eigenvalue weighted by Gasteiger charge is -2.15. The number of primary amides is 1. The lowest BCUT2D eigenvalue weighted by Crippen LogP contribution is -2.24. The molecule has 1 amide bonds. The Bertz CT molecular complexity index is 339. The van der Waals surface area contributed by atoms with Crippen LogP contribution in [-0.4, -0.2) is 17.1 Å². The van der Waals surface area contributed by atoms with Crippen LogP contribution in [0.2, 0.25) is 0 Å². The van der Waals surface area contributed by atoms with Crippen LogP contribution in [0, 0.1) is 0 Å². The zero-order valence-corrected chi connectivity index (χ0v) is 8.73. The van der Waals surface area contributed by atoms with Gasteiger partial charge >= 0.3 is 0 Å². The lowest BCUT2D eigenvalue weighted by atomic mass is 10.1. The van der Waals surface area contributed by atoms with E-state index in [1.807, 2.05) is 31.2 Å². The quantitative estimate of drug-likeness (QED) is 0.671. The van der Waals surface area contributed by atoms with E-state index in [0.717, 1.165) is 11.3 Å². The third-order valence-corrected chi connectivity index (χ3v) is 2.10. The van der Waals surface area contributed by atoms with E-state index < -0.39 is 0 Å². The van der Waals surface area contributed by atoms with E-state index in [4.69, 9.17) is 10.8 Å². The zero-order chi connectivity index (χ0) is 11.3. The highest BCUT2D eigenvalue weighted by molar-refractivity contribution is 5.75. The molecule has 0 bridgehead atoms. The van der Waals surface area contributed by atoms with Crippen LogP contribution in [0.4, 0.5) is 5.69 Å². The first-order chi connectivity index (χ1) is 7.13. The van der Waals surface area contributed by atoms with Crippen molar-refractivity contribution < 1.29 is 9.90 Å². The van der Waals surface area contributed by atoms with Gasteiger partial charge in [0.1, 0.15) is 0 Å². The monoisotopic (exact) mass is 208 g/mol. The summed E-state index contributed by atoms with van der Waals surface area (Å²) in [7, 11) is 0. The van der Waals surface area contributed by atoms with Crippen LogP contribution in [-0.2, 0) is 11.4 Å². The summed E-state index contributed by atoms with van der Waals surface area (Å²) >= 11 is 0. The molecule has 1 aromatic carbocycles. The van der Waals surface area contributed by atoms with Crippen molar-refractivity contribution in [1.29, 1.82) is 0 Å². The second-order valence-corrected chi connectivity index (χ2v) is 3.53. The van der Waals surface area contributed by atoms with Gasteiger partial charge in [-0.05, 0) is 13.0 Å². The molecule has 0 aliphatic rings. The summed E-state index contributed by atoms with van der Waals surface area (Å²) in [6.45, 7) is 1.85. The maximum atomic E-state index is 10.7. The molecule has 15 heavy (non-hydrogen) atoms. The second-order valence-electron chi connectivity index (χ2n) is 3.53. The minimum absolute atomic E-state index is 0.0214.